The zero-order valence-corrected chi connectivity index (χ0v) is 11.6. The molecule has 0 spiro atoms. The van der Waals surface area contributed by atoms with Crippen LogP contribution in [0.15, 0.2) is 24.7 Å². The molecular weight excluding hydrogens is 234 g/mol. The lowest BCUT2D eigenvalue weighted by Crippen LogP contribution is -2.22. The fourth-order valence-corrected chi connectivity index (χ4v) is 3.41. The minimum atomic E-state index is 0.253. The number of nitrogens with zero attached hydrogens (tertiary/aromatic N) is 1. The molecule has 2 saturated carbocycles. The average Bonchev–Trinajstić information content (AvgIpc) is 3.00. The number of hydrogen-bond acceptors (Lipinski definition) is 2. The normalized spacial score (nSPS) is 29.7. The minimum Gasteiger partial charge on any atom is -0.351 e. The number of aromatic amines is 1. The topological polar surface area (TPSA) is 54.7 Å². The summed E-state index contributed by atoms with van der Waals surface area (Å²) in [5.74, 6) is 2.17. The van der Waals surface area contributed by atoms with Crippen molar-refractivity contribution in [2.24, 2.45) is 17.6 Å². The van der Waals surface area contributed by atoms with Crippen LogP contribution < -0.4 is 5.73 Å². The van der Waals surface area contributed by atoms with E-state index in [1.807, 2.05) is 6.20 Å². The van der Waals surface area contributed by atoms with Crippen LogP contribution in [0.4, 0.5) is 0 Å². The molecule has 0 radical (unpaired) electrons. The van der Waals surface area contributed by atoms with Gasteiger partial charge in [-0.1, -0.05) is 44.3 Å². The summed E-state index contributed by atoms with van der Waals surface area (Å²) in [6.07, 6.45) is 17.8. The quantitative estimate of drug-likeness (QED) is 0.797. The van der Waals surface area contributed by atoms with Crippen LogP contribution >= 0.6 is 0 Å². The number of nitrogens with one attached hydrogen (secondary N) is 1. The van der Waals surface area contributed by atoms with Crippen LogP contribution in [0.25, 0.3) is 0 Å². The molecule has 1 aromatic rings. The molecule has 2 aliphatic carbocycles. The molecule has 0 amide bonds. The molecule has 3 heteroatoms. The first kappa shape index (κ1) is 12.9. The van der Waals surface area contributed by atoms with E-state index in [4.69, 9.17) is 5.73 Å². The van der Waals surface area contributed by atoms with Gasteiger partial charge in [0, 0.05) is 18.2 Å². The van der Waals surface area contributed by atoms with Gasteiger partial charge in [0.05, 0.1) is 12.0 Å². The SMILES string of the molecule is N[C@H](C=C[C@H]1C[C@@H]1c1c[nH]cn1)CC1CCCCC1. The van der Waals surface area contributed by atoms with Gasteiger partial charge in [0.2, 0.25) is 0 Å². The molecule has 0 aliphatic heterocycles. The molecule has 0 unspecified atom stereocenters. The Balaban J connectivity index is 1.42. The molecule has 3 nitrogen and oxygen atoms in total. The van der Waals surface area contributed by atoms with Crippen molar-refractivity contribution in [3.05, 3.63) is 30.4 Å². The number of rotatable bonds is 5. The second kappa shape index (κ2) is 5.91. The third-order valence-corrected chi connectivity index (χ3v) is 4.67. The van der Waals surface area contributed by atoms with Crippen molar-refractivity contribution in [3.8, 4) is 0 Å². The number of imidazole rings is 1. The molecule has 2 aliphatic rings. The molecule has 0 saturated heterocycles. The Bertz CT molecular complexity index is 404. The summed E-state index contributed by atoms with van der Waals surface area (Å²) < 4.78 is 0. The van der Waals surface area contributed by atoms with Crippen LogP contribution in [-0.4, -0.2) is 16.0 Å². The predicted octanol–water partition coefficient (Wildman–Crippen LogP) is 3.37. The Kier molecular flexibility index (Phi) is 4.02. The number of H-pyrrole nitrogens is 1. The number of aromatic nitrogens is 2. The third kappa shape index (κ3) is 3.47. The summed E-state index contributed by atoms with van der Waals surface area (Å²) in [5, 5.41) is 0. The van der Waals surface area contributed by atoms with Gasteiger partial charge in [0.1, 0.15) is 0 Å². The highest BCUT2D eigenvalue weighted by molar-refractivity contribution is 5.20. The summed E-state index contributed by atoms with van der Waals surface area (Å²) in [4.78, 5) is 7.36. The largest absolute Gasteiger partial charge is 0.351 e. The molecule has 2 fully saturated rings. The monoisotopic (exact) mass is 259 g/mol. The molecule has 1 aromatic heterocycles. The standard InChI is InChI=1S/C16H25N3/c17-14(8-12-4-2-1-3-5-12)7-6-13-9-15(13)16-10-18-11-19-16/h6-7,10-15H,1-5,8-9,17H2,(H,18,19)/t13-,14+,15-/m0/s1. The molecule has 1 heterocycles. The Labute approximate surface area is 115 Å². The van der Waals surface area contributed by atoms with Gasteiger partial charge in [-0.2, -0.15) is 0 Å². The lowest BCUT2D eigenvalue weighted by Gasteiger charge is -2.23. The Morgan fingerprint density at radius 2 is 2.21 bits per heavy atom. The van der Waals surface area contributed by atoms with Gasteiger partial charge in [-0.25, -0.2) is 4.98 Å². The zero-order valence-electron chi connectivity index (χ0n) is 11.6. The maximum absolute atomic E-state index is 6.24. The van der Waals surface area contributed by atoms with E-state index in [1.165, 1.54) is 50.6 Å². The van der Waals surface area contributed by atoms with Crippen LogP contribution in [0, 0.1) is 11.8 Å². The van der Waals surface area contributed by atoms with E-state index in [0.29, 0.717) is 11.8 Å². The van der Waals surface area contributed by atoms with E-state index in [1.54, 1.807) is 6.33 Å². The number of allylic oxidation sites excluding steroid dienone is 1. The highest BCUT2D eigenvalue weighted by Gasteiger charge is 2.37. The Morgan fingerprint density at radius 3 is 2.95 bits per heavy atom. The first-order valence-electron chi connectivity index (χ1n) is 7.75. The van der Waals surface area contributed by atoms with E-state index in [-0.39, 0.29) is 6.04 Å². The lowest BCUT2D eigenvalue weighted by atomic mass is 9.85. The van der Waals surface area contributed by atoms with Gasteiger partial charge >= 0.3 is 0 Å². The number of nitrogens with two attached hydrogens (primary N) is 1. The summed E-state index contributed by atoms with van der Waals surface area (Å²) in [6.45, 7) is 0. The Hall–Kier alpha value is -1.09. The van der Waals surface area contributed by atoms with Gasteiger partial charge < -0.3 is 10.7 Å². The van der Waals surface area contributed by atoms with E-state index >= 15 is 0 Å². The van der Waals surface area contributed by atoms with E-state index in [2.05, 4.69) is 22.1 Å². The molecule has 19 heavy (non-hydrogen) atoms. The fraction of sp³-hybridized carbons (Fsp3) is 0.688. The van der Waals surface area contributed by atoms with Crippen LogP contribution in [-0.2, 0) is 0 Å². The molecule has 3 rings (SSSR count). The van der Waals surface area contributed by atoms with Crippen LogP contribution in [0.1, 0.15) is 56.6 Å². The number of hydrogen-bond donors (Lipinski definition) is 2. The van der Waals surface area contributed by atoms with Crippen molar-refractivity contribution in [3.63, 3.8) is 0 Å². The first-order chi connectivity index (χ1) is 9.33. The van der Waals surface area contributed by atoms with Gasteiger partial charge in [-0.3, -0.25) is 0 Å². The third-order valence-electron chi connectivity index (χ3n) is 4.67. The maximum atomic E-state index is 6.24. The van der Waals surface area contributed by atoms with Gasteiger partial charge in [-0.15, -0.1) is 0 Å². The van der Waals surface area contributed by atoms with Crippen molar-refractivity contribution < 1.29 is 0 Å². The van der Waals surface area contributed by atoms with Crippen LogP contribution in [0.3, 0.4) is 0 Å². The van der Waals surface area contributed by atoms with Crippen molar-refractivity contribution in [1.82, 2.24) is 9.97 Å². The van der Waals surface area contributed by atoms with E-state index in [0.717, 1.165) is 5.92 Å². The van der Waals surface area contributed by atoms with Gasteiger partial charge in [0.25, 0.3) is 0 Å². The fourth-order valence-electron chi connectivity index (χ4n) is 3.41. The van der Waals surface area contributed by atoms with E-state index < -0.39 is 0 Å². The minimum absolute atomic E-state index is 0.253. The molecule has 3 N–H and O–H groups in total. The van der Waals surface area contributed by atoms with Crippen molar-refractivity contribution in [1.29, 1.82) is 0 Å². The van der Waals surface area contributed by atoms with Crippen molar-refractivity contribution >= 4 is 0 Å². The summed E-state index contributed by atoms with van der Waals surface area (Å²) in [6, 6.07) is 0.253. The predicted molar refractivity (Wildman–Crippen MR) is 77.7 cm³/mol. The summed E-state index contributed by atoms with van der Waals surface area (Å²) >= 11 is 0. The Morgan fingerprint density at radius 1 is 1.37 bits per heavy atom. The van der Waals surface area contributed by atoms with Crippen molar-refractivity contribution in [2.45, 2.75) is 56.9 Å². The summed E-state index contributed by atoms with van der Waals surface area (Å²) in [7, 11) is 0. The smallest absolute Gasteiger partial charge is 0.0923 e. The molecule has 0 bridgehead atoms. The molecule has 3 atom stereocenters. The van der Waals surface area contributed by atoms with Crippen LogP contribution in [0.5, 0.6) is 0 Å². The summed E-state index contributed by atoms with van der Waals surface area (Å²) in [5.41, 5.74) is 7.44. The maximum Gasteiger partial charge on any atom is 0.0923 e. The zero-order chi connectivity index (χ0) is 13.1. The second-order valence-electron chi connectivity index (χ2n) is 6.29. The van der Waals surface area contributed by atoms with E-state index in [9.17, 15) is 0 Å². The highest BCUT2D eigenvalue weighted by Crippen LogP contribution is 2.47. The molecule has 0 aromatic carbocycles. The second-order valence-corrected chi connectivity index (χ2v) is 6.29. The highest BCUT2D eigenvalue weighted by atomic mass is 14.9. The molecule has 104 valence electrons. The average molecular weight is 259 g/mol. The van der Waals surface area contributed by atoms with Gasteiger partial charge in [-0.05, 0) is 24.7 Å². The molecular formula is C16H25N3. The first-order valence-corrected chi connectivity index (χ1v) is 7.75. The van der Waals surface area contributed by atoms with Crippen molar-refractivity contribution in [2.75, 3.05) is 0 Å². The van der Waals surface area contributed by atoms with Crippen LogP contribution in [0.2, 0.25) is 0 Å². The van der Waals surface area contributed by atoms with Gasteiger partial charge in [0.15, 0.2) is 0 Å². The lowest BCUT2D eigenvalue weighted by molar-refractivity contribution is 0.329.